The summed E-state index contributed by atoms with van der Waals surface area (Å²) in [5.74, 6) is 0. The van der Waals surface area contributed by atoms with Gasteiger partial charge in [-0.25, -0.2) is 0 Å². The molecular weight excluding hydrogens is 530 g/mol. The molecule has 8 rings (SSSR count). The summed E-state index contributed by atoms with van der Waals surface area (Å²) in [7, 11) is 0. The van der Waals surface area contributed by atoms with Crippen LogP contribution in [0.3, 0.4) is 0 Å². The zero-order valence-corrected chi connectivity index (χ0v) is 25.0. The molecule has 0 radical (unpaired) electrons. The molecule has 0 N–H and O–H groups in total. The predicted molar refractivity (Wildman–Crippen MR) is 187 cm³/mol. The summed E-state index contributed by atoms with van der Waals surface area (Å²) in [6, 6.07) is 59.6. The minimum absolute atomic E-state index is 0.0805. The summed E-state index contributed by atoms with van der Waals surface area (Å²) in [6.45, 7) is 4.70. The van der Waals surface area contributed by atoms with Gasteiger partial charge in [-0.15, -0.1) is 0 Å². The first-order valence-corrected chi connectivity index (χ1v) is 15.4. The van der Waals surface area contributed by atoms with Gasteiger partial charge in [0.25, 0.3) is 0 Å². The normalized spacial score (nSPS) is 13.0. The fourth-order valence-corrected chi connectivity index (χ4v) is 7.15. The molecule has 0 bridgehead atoms. The van der Waals surface area contributed by atoms with Crippen LogP contribution in [0.1, 0.15) is 25.0 Å². The largest absolute Gasteiger partial charge is 0.309 e. The van der Waals surface area contributed by atoms with Gasteiger partial charge in [0.15, 0.2) is 0 Å². The van der Waals surface area contributed by atoms with E-state index in [0.717, 1.165) is 5.69 Å². The Morgan fingerprint density at radius 1 is 0.432 bits per heavy atom. The van der Waals surface area contributed by atoms with E-state index in [2.05, 4.69) is 183 Å². The summed E-state index contributed by atoms with van der Waals surface area (Å²) in [5, 5.41) is 2.46. The van der Waals surface area contributed by atoms with Gasteiger partial charge in [-0.3, -0.25) is 0 Å². The van der Waals surface area contributed by atoms with Crippen LogP contribution < -0.4 is 4.90 Å². The Labute approximate surface area is 259 Å². The minimum Gasteiger partial charge on any atom is -0.309 e. The lowest BCUT2D eigenvalue weighted by Gasteiger charge is -2.30. The smallest absolute Gasteiger partial charge is 0.0543 e. The number of nitrogens with zero attached hydrogens (tertiary/aromatic N) is 1. The number of hydrogen-bond acceptors (Lipinski definition) is 1. The molecule has 0 aliphatic heterocycles. The third kappa shape index (κ3) is 4.16. The highest BCUT2D eigenvalue weighted by Gasteiger charge is 2.37. The van der Waals surface area contributed by atoms with E-state index in [-0.39, 0.29) is 5.41 Å². The molecule has 44 heavy (non-hydrogen) atoms. The van der Waals surface area contributed by atoms with Gasteiger partial charge in [0.1, 0.15) is 0 Å². The highest BCUT2D eigenvalue weighted by atomic mass is 15.1. The van der Waals surface area contributed by atoms with E-state index in [9.17, 15) is 0 Å². The molecule has 0 heterocycles. The van der Waals surface area contributed by atoms with Crippen LogP contribution in [0.25, 0.3) is 44.2 Å². The quantitative estimate of drug-likeness (QED) is 0.201. The fourth-order valence-electron chi connectivity index (χ4n) is 7.15. The van der Waals surface area contributed by atoms with Crippen molar-refractivity contribution in [2.75, 3.05) is 4.90 Å². The van der Waals surface area contributed by atoms with Gasteiger partial charge in [0.05, 0.1) is 11.4 Å². The van der Waals surface area contributed by atoms with E-state index in [1.54, 1.807) is 0 Å². The molecule has 1 aliphatic rings. The van der Waals surface area contributed by atoms with Gasteiger partial charge in [-0.1, -0.05) is 153 Å². The summed E-state index contributed by atoms with van der Waals surface area (Å²) < 4.78 is 0. The second kappa shape index (κ2) is 10.4. The highest BCUT2D eigenvalue weighted by molar-refractivity contribution is 6.03. The topological polar surface area (TPSA) is 3.24 Å². The van der Waals surface area contributed by atoms with Crippen LogP contribution in [0.5, 0.6) is 0 Å². The van der Waals surface area contributed by atoms with E-state index in [1.165, 1.54) is 66.7 Å². The molecule has 0 saturated carbocycles. The number of rotatable bonds is 5. The molecule has 0 unspecified atom stereocenters. The lowest BCUT2D eigenvalue weighted by Crippen LogP contribution is -2.16. The lowest BCUT2D eigenvalue weighted by molar-refractivity contribution is 0.660. The van der Waals surface area contributed by atoms with Crippen molar-refractivity contribution >= 4 is 27.8 Å². The Bertz CT molecular complexity index is 2150. The van der Waals surface area contributed by atoms with Gasteiger partial charge in [-0.05, 0) is 68.6 Å². The van der Waals surface area contributed by atoms with Crippen LogP contribution in [0, 0.1) is 0 Å². The zero-order chi connectivity index (χ0) is 29.7. The molecule has 0 fully saturated rings. The molecule has 1 aliphatic carbocycles. The Balaban J connectivity index is 1.40. The second-order valence-corrected chi connectivity index (χ2v) is 12.2. The zero-order valence-electron chi connectivity index (χ0n) is 25.0. The van der Waals surface area contributed by atoms with E-state index < -0.39 is 0 Å². The molecule has 0 saturated heterocycles. The molecular formula is C43H33N. The standard InChI is InChI=1S/C43H33N/c1-43(2)38-25-11-10-24-37(38)42-39(43)26-14-28-41(42)44(40-27-13-18-31-17-6-7-23-36(31)40)33-20-12-19-32(29-33)35-22-9-8-21-34(35)30-15-4-3-5-16-30/h3-29H,1-2H3. The predicted octanol–water partition coefficient (Wildman–Crippen LogP) is 11.9. The highest BCUT2D eigenvalue weighted by Crippen LogP contribution is 2.54. The molecule has 0 spiro atoms. The summed E-state index contributed by atoms with van der Waals surface area (Å²) in [4.78, 5) is 2.48. The van der Waals surface area contributed by atoms with Crippen LogP contribution in [0.4, 0.5) is 17.1 Å². The van der Waals surface area contributed by atoms with Crippen LogP contribution in [0.15, 0.2) is 164 Å². The third-order valence-corrected chi connectivity index (χ3v) is 9.26. The van der Waals surface area contributed by atoms with Crippen LogP contribution >= 0.6 is 0 Å². The van der Waals surface area contributed by atoms with Crippen molar-refractivity contribution in [3.63, 3.8) is 0 Å². The van der Waals surface area contributed by atoms with Crippen LogP contribution in [0.2, 0.25) is 0 Å². The first-order valence-electron chi connectivity index (χ1n) is 15.4. The molecule has 7 aromatic rings. The first kappa shape index (κ1) is 26.2. The van der Waals surface area contributed by atoms with Crippen LogP contribution in [-0.4, -0.2) is 0 Å². The third-order valence-electron chi connectivity index (χ3n) is 9.26. The Kier molecular flexibility index (Phi) is 6.20. The summed E-state index contributed by atoms with van der Waals surface area (Å²) >= 11 is 0. The molecule has 0 amide bonds. The van der Waals surface area contributed by atoms with Crippen molar-refractivity contribution < 1.29 is 0 Å². The van der Waals surface area contributed by atoms with Gasteiger partial charge in [0, 0.05) is 22.1 Å². The van der Waals surface area contributed by atoms with Crippen molar-refractivity contribution in [3.8, 4) is 33.4 Å². The molecule has 210 valence electrons. The van der Waals surface area contributed by atoms with E-state index in [1.807, 2.05) is 0 Å². The first-order chi connectivity index (χ1) is 21.6. The molecule has 0 atom stereocenters. The van der Waals surface area contributed by atoms with Crippen molar-refractivity contribution in [2.24, 2.45) is 0 Å². The maximum Gasteiger partial charge on any atom is 0.0543 e. The van der Waals surface area contributed by atoms with Crippen molar-refractivity contribution in [3.05, 3.63) is 175 Å². The van der Waals surface area contributed by atoms with E-state index in [4.69, 9.17) is 0 Å². The molecule has 7 aromatic carbocycles. The molecule has 1 nitrogen and oxygen atoms in total. The summed E-state index contributed by atoms with van der Waals surface area (Å²) in [6.07, 6.45) is 0. The molecule has 0 aromatic heterocycles. The van der Waals surface area contributed by atoms with Gasteiger partial charge < -0.3 is 4.90 Å². The average Bonchev–Trinajstić information content (AvgIpc) is 3.32. The maximum atomic E-state index is 2.48. The SMILES string of the molecule is CC1(C)c2ccccc2-c2c(N(c3cccc(-c4ccccc4-c4ccccc4)c3)c3cccc4ccccc34)cccc21. The number of hydrogen-bond donors (Lipinski definition) is 0. The second-order valence-electron chi connectivity index (χ2n) is 12.2. The Hall–Kier alpha value is -5.40. The Morgan fingerprint density at radius 3 is 1.84 bits per heavy atom. The minimum atomic E-state index is -0.0805. The van der Waals surface area contributed by atoms with Crippen molar-refractivity contribution in [1.29, 1.82) is 0 Å². The summed E-state index contributed by atoms with van der Waals surface area (Å²) in [5.41, 5.74) is 13.7. The van der Waals surface area contributed by atoms with E-state index in [0.29, 0.717) is 0 Å². The van der Waals surface area contributed by atoms with Crippen molar-refractivity contribution in [2.45, 2.75) is 19.3 Å². The number of benzene rings is 7. The fraction of sp³-hybridized carbons (Fsp3) is 0.0698. The number of anilines is 3. The van der Waals surface area contributed by atoms with Gasteiger partial charge >= 0.3 is 0 Å². The van der Waals surface area contributed by atoms with Crippen molar-refractivity contribution in [1.82, 2.24) is 0 Å². The van der Waals surface area contributed by atoms with Gasteiger partial charge in [0.2, 0.25) is 0 Å². The van der Waals surface area contributed by atoms with Gasteiger partial charge in [-0.2, -0.15) is 0 Å². The number of fused-ring (bicyclic) bond motifs is 4. The average molecular weight is 564 g/mol. The van der Waals surface area contributed by atoms with Crippen LogP contribution in [-0.2, 0) is 5.41 Å². The maximum absolute atomic E-state index is 2.48. The molecule has 1 heteroatoms. The van der Waals surface area contributed by atoms with E-state index >= 15 is 0 Å². The Morgan fingerprint density at radius 2 is 1.00 bits per heavy atom. The monoisotopic (exact) mass is 563 g/mol. The lowest BCUT2D eigenvalue weighted by atomic mass is 9.82.